The molecule has 2 atom stereocenters. The number of rotatable bonds is 4. The summed E-state index contributed by atoms with van der Waals surface area (Å²) in [4.78, 5) is 25.7. The molecule has 1 N–H and O–H groups in total. The van der Waals surface area contributed by atoms with Gasteiger partial charge in [-0.05, 0) is 43.2 Å². The van der Waals surface area contributed by atoms with Gasteiger partial charge in [-0.3, -0.25) is 4.79 Å². The van der Waals surface area contributed by atoms with Crippen LogP contribution in [0.4, 0.5) is 0 Å². The Morgan fingerprint density at radius 1 is 1.38 bits per heavy atom. The van der Waals surface area contributed by atoms with E-state index in [1.54, 1.807) is 0 Å². The molecule has 6 nitrogen and oxygen atoms in total. The highest BCUT2D eigenvalue weighted by atomic mass is 32.2. The molecule has 1 aliphatic heterocycles. The van der Waals surface area contributed by atoms with Gasteiger partial charge in [0.1, 0.15) is 4.88 Å². The molecule has 0 spiro atoms. The minimum Gasteiger partial charge on any atom is -0.451 e. The second-order valence-corrected chi connectivity index (χ2v) is 10.0. The monoisotopic (exact) mass is 371 g/mol. The first-order valence-electron chi connectivity index (χ1n) is 8.11. The minimum absolute atomic E-state index is 0.0392. The maximum atomic E-state index is 12.1. The molecule has 1 fully saturated rings. The molecule has 1 amide bonds. The number of amides is 1. The lowest BCUT2D eigenvalue weighted by Crippen LogP contribution is -2.38. The van der Waals surface area contributed by atoms with Crippen molar-refractivity contribution in [3.05, 3.63) is 21.4 Å². The normalized spacial score (nSPS) is 25.0. The van der Waals surface area contributed by atoms with E-state index in [4.69, 9.17) is 4.74 Å². The van der Waals surface area contributed by atoms with Crippen LogP contribution in [0.1, 0.15) is 39.9 Å². The zero-order valence-corrected chi connectivity index (χ0v) is 15.2. The molecular formula is C16H21NO5S2. The van der Waals surface area contributed by atoms with Crippen LogP contribution in [0.5, 0.6) is 0 Å². The summed E-state index contributed by atoms with van der Waals surface area (Å²) in [6.07, 6.45) is 3.52. The van der Waals surface area contributed by atoms with Crippen LogP contribution < -0.4 is 5.32 Å². The zero-order valence-electron chi connectivity index (χ0n) is 13.5. The highest BCUT2D eigenvalue weighted by Crippen LogP contribution is 2.32. The number of carbonyl (C=O) groups is 2. The zero-order chi connectivity index (χ0) is 17.3. The van der Waals surface area contributed by atoms with Gasteiger partial charge >= 0.3 is 5.97 Å². The maximum absolute atomic E-state index is 12.1. The van der Waals surface area contributed by atoms with Crippen LogP contribution in [0.3, 0.4) is 0 Å². The molecule has 2 heterocycles. The maximum Gasteiger partial charge on any atom is 0.348 e. The fourth-order valence-corrected chi connectivity index (χ4v) is 5.96. The Kier molecular flexibility index (Phi) is 4.96. The highest BCUT2D eigenvalue weighted by molar-refractivity contribution is 7.91. The molecular weight excluding hydrogens is 350 g/mol. The fraction of sp³-hybridized carbons (Fsp3) is 0.625. The Labute approximate surface area is 145 Å². The first-order chi connectivity index (χ1) is 11.3. The van der Waals surface area contributed by atoms with Gasteiger partial charge in [0, 0.05) is 10.9 Å². The van der Waals surface area contributed by atoms with Gasteiger partial charge < -0.3 is 10.1 Å². The van der Waals surface area contributed by atoms with Crippen molar-refractivity contribution in [2.45, 2.75) is 38.6 Å². The first-order valence-corrected chi connectivity index (χ1v) is 10.7. The average Bonchev–Trinajstić information content (AvgIpc) is 3.07. The van der Waals surface area contributed by atoms with E-state index in [0.717, 1.165) is 19.3 Å². The number of sulfone groups is 1. The molecule has 0 saturated carbocycles. The summed E-state index contributed by atoms with van der Waals surface area (Å²) >= 11 is 1.44. The summed E-state index contributed by atoms with van der Waals surface area (Å²) in [5, 5.41) is 2.60. The standard InChI is InChI=1S/C16H21NO5S2/c1-10-2-3-13-11(6-10)7-14(23-13)16(19)22-8-15(18)17-12-4-5-24(20,21)9-12/h7,10,12H,2-6,8-9H2,1H3,(H,17,18). The highest BCUT2D eigenvalue weighted by Gasteiger charge is 2.29. The number of nitrogens with one attached hydrogen (secondary N) is 1. The molecule has 2 aliphatic rings. The lowest BCUT2D eigenvalue weighted by molar-refractivity contribution is -0.124. The van der Waals surface area contributed by atoms with Crippen molar-refractivity contribution in [1.82, 2.24) is 5.32 Å². The Morgan fingerprint density at radius 2 is 2.17 bits per heavy atom. The van der Waals surface area contributed by atoms with Gasteiger partial charge in [0.05, 0.1) is 11.5 Å². The lowest BCUT2D eigenvalue weighted by atomic mass is 9.90. The SMILES string of the molecule is CC1CCc2sc(C(=O)OCC(=O)NC3CCS(=O)(=O)C3)cc2C1. The number of aryl methyl sites for hydroxylation is 1. The molecule has 132 valence electrons. The summed E-state index contributed by atoms with van der Waals surface area (Å²) in [7, 11) is -3.04. The molecule has 8 heteroatoms. The summed E-state index contributed by atoms with van der Waals surface area (Å²) in [5.74, 6) is -0.263. The van der Waals surface area contributed by atoms with Crippen LogP contribution >= 0.6 is 11.3 Å². The van der Waals surface area contributed by atoms with Crippen molar-refractivity contribution in [2.75, 3.05) is 18.1 Å². The number of carbonyl (C=O) groups excluding carboxylic acids is 2. The van der Waals surface area contributed by atoms with Gasteiger partial charge in [-0.1, -0.05) is 6.92 Å². The number of thiophene rings is 1. The number of esters is 1. The van der Waals surface area contributed by atoms with E-state index < -0.39 is 21.7 Å². The summed E-state index contributed by atoms with van der Waals surface area (Å²) < 4.78 is 27.8. The summed E-state index contributed by atoms with van der Waals surface area (Å²) in [5.41, 5.74) is 1.21. The third kappa shape index (κ3) is 4.16. The fourth-order valence-electron chi connectivity index (χ4n) is 3.19. The van der Waals surface area contributed by atoms with Crippen LogP contribution in [0.25, 0.3) is 0 Å². The molecule has 2 unspecified atom stereocenters. The number of hydrogen-bond acceptors (Lipinski definition) is 6. The van der Waals surface area contributed by atoms with Gasteiger partial charge in [0.25, 0.3) is 5.91 Å². The van der Waals surface area contributed by atoms with Crippen molar-refractivity contribution in [2.24, 2.45) is 5.92 Å². The van der Waals surface area contributed by atoms with Crippen molar-refractivity contribution in [1.29, 1.82) is 0 Å². The Balaban J connectivity index is 1.50. The number of fused-ring (bicyclic) bond motifs is 1. The van der Waals surface area contributed by atoms with Crippen molar-refractivity contribution < 1.29 is 22.7 Å². The van der Waals surface area contributed by atoms with Gasteiger partial charge in [0.15, 0.2) is 16.4 Å². The van der Waals surface area contributed by atoms with Crippen LogP contribution in [-0.2, 0) is 32.2 Å². The Bertz CT molecular complexity index is 753. The second-order valence-electron chi connectivity index (χ2n) is 6.65. The molecule has 24 heavy (non-hydrogen) atoms. The van der Waals surface area contributed by atoms with E-state index in [1.165, 1.54) is 21.8 Å². The molecule has 1 saturated heterocycles. The van der Waals surface area contributed by atoms with E-state index in [-0.39, 0.29) is 24.2 Å². The summed E-state index contributed by atoms with van der Waals surface area (Å²) in [6, 6.07) is 1.50. The van der Waals surface area contributed by atoms with Crippen molar-refractivity contribution >= 4 is 33.1 Å². The lowest BCUT2D eigenvalue weighted by Gasteiger charge is -2.16. The molecule has 3 rings (SSSR count). The van der Waals surface area contributed by atoms with E-state index in [2.05, 4.69) is 12.2 Å². The van der Waals surface area contributed by atoms with E-state index >= 15 is 0 Å². The first kappa shape index (κ1) is 17.4. The van der Waals surface area contributed by atoms with E-state index in [1.807, 2.05) is 6.07 Å². The van der Waals surface area contributed by atoms with E-state index in [9.17, 15) is 18.0 Å². The Morgan fingerprint density at radius 3 is 2.88 bits per heavy atom. The summed E-state index contributed by atoms with van der Waals surface area (Å²) in [6.45, 7) is 1.82. The Hall–Kier alpha value is -1.41. The molecule has 0 aromatic carbocycles. The van der Waals surface area contributed by atoms with Crippen molar-refractivity contribution in [3.8, 4) is 0 Å². The molecule has 1 aliphatic carbocycles. The smallest absolute Gasteiger partial charge is 0.348 e. The minimum atomic E-state index is -3.04. The van der Waals surface area contributed by atoms with E-state index in [0.29, 0.717) is 17.2 Å². The predicted molar refractivity (Wildman–Crippen MR) is 91.0 cm³/mol. The van der Waals surface area contributed by atoms with Crippen LogP contribution in [-0.4, -0.2) is 44.4 Å². The quantitative estimate of drug-likeness (QED) is 0.807. The average molecular weight is 371 g/mol. The third-order valence-corrected chi connectivity index (χ3v) is 7.45. The molecule has 0 bridgehead atoms. The topological polar surface area (TPSA) is 89.5 Å². The number of hydrogen-bond donors (Lipinski definition) is 1. The molecule has 1 aromatic rings. The number of ether oxygens (including phenoxy) is 1. The second kappa shape index (κ2) is 6.84. The van der Waals surface area contributed by atoms with Crippen LogP contribution in [0, 0.1) is 5.92 Å². The van der Waals surface area contributed by atoms with Gasteiger partial charge in [-0.2, -0.15) is 0 Å². The van der Waals surface area contributed by atoms with Crippen LogP contribution in [0.15, 0.2) is 6.07 Å². The predicted octanol–water partition coefficient (Wildman–Crippen LogP) is 1.33. The van der Waals surface area contributed by atoms with Gasteiger partial charge in [-0.15, -0.1) is 11.3 Å². The van der Waals surface area contributed by atoms with Crippen molar-refractivity contribution in [3.63, 3.8) is 0 Å². The molecule has 0 radical (unpaired) electrons. The van der Waals surface area contributed by atoms with Gasteiger partial charge in [0.2, 0.25) is 0 Å². The largest absolute Gasteiger partial charge is 0.451 e. The molecule has 1 aromatic heterocycles. The van der Waals surface area contributed by atoms with Crippen LogP contribution in [0.2, 0.25) is 0 Å². The van der Waals surface area contributed by atoms with Gasteiger partial charge in [-0.25, -0.2) is 13.2 Å². The third-order valence-electron chi connectivity index (χ3n) is 4.46.